The lowest BCUT2D eigenvalue weighted by molar-refractivity contribution is -0.122. The van der Waals surface area contributed by atoms with Gasteiger partial charge in [0.15, 0.2) is 0 Å². The molecule has 0 spiro atoms. The number of carbonyl (C=O) groups excluding carboxylic acids is 1. The van der Waals surface area contributed by atoms with E-state index < -0.39 is 0 Å². The largest absolute Gasteiger partial charge is 0.396 e. The molecule has 0 saturated heterocycles. The Hall–Kier alpha value is -0.830. The van der Waals surface area contributed by atoms with Crippen molar-refractivity contribution in [3.05, 3.63) is 12.2 Å². The molecule has 0 aromatic carbocycles. The number of carbonyl (C=O) groups is 1. The van der Waals surface area contributed by atoms with Crippen LogP contribution in [0, 0.1) is 11.3 Å². The van der Waals surface area contributed by atoms with Gasteiger partial charge >= 0.3 is 0 Å². The number of rotatable bonds is 5. The highest BCUT2D eigenvalue weighted by molar-refractivity contribution is 5.76. The lowest BCUT2D eigenvalue weighted by Gasteiger charge is -2.14. The van der Waals surface area contributed by atoms with Crippen molar-refractivity contribution >= 4 is 5.91 Å². The van der Waals surface area contributed by atoms with Gasteiger partial charge in [0.25, 0.3) is 0 Å². The van der Waals surface area contributed by atoms with Gasteiger partial charge in [-0.25, -0.2) is 0 Å². The van der Waals surface area contributed by atoms with Crippen LogP contribution in [0.4, 0.5) is 0 Å². The molecule has 0 bridgehead atoms. The van der Waals surface area contributed by atoms with E-state index in [-0.39, 0.29) is 17.9 Å². The van der Waals surface area contributed by atoms with Gasteiger partial charge in [-0.15, -0.1) is 0 Å². The molecule has 0 radical (unpaired) electrons. The van der Waals surface area contributed by atoms with E-state index in [1.165, 1.54) is 0 Å². The lowest BCUT2D eigenvalue weighted by Crippen LogP contribution is -2.32. The average molecular weight is 209 g/mol. The highest BCUT2D eigenvalue weighted by atomic mass is 16.3. The normalized spacial score (nSPS) is 26.6. The van der Waals surface area contributed by atoms with Gasteiger partial charge in [-0.2, -0.15) is 0 Å². The van der Waals surface area contributed by atoms with Crippen molar-refractivity contribution in [3.63, 3.8) is 0 Å². The van der Waals surface area contributed by atoms with E-state index in [0.717, 1.165) is 25.7 Å². The summed E-state index contributed by atoms with van der Waals surface area (Å²) in [7, 11) is 0. The molecule has 2 N–H and O–H groups in total. The van der Waals surface area contributed by atoms with Gasteiger partial charge < -0.3 is 10.4 Å². The topological polar surface area (TPSA) is 49.3 Å². The molecule has 2 aliphatic rings. The third kappa shape index (κ3) is 2.81. The van der Waals surface area contributed by atoms with Gasteiger partial charge in [0, 0.05) is 18.4 Å². The number of aliphatic hydroxyl groups excluding tert-OH is 1. The zero-order valence-corrected chi connectivity index (χ0v) is 9.04. The fraction of sp³-hybridized carbons (Fsp3) is 0.750. The van der Waals surface area contributed by atoms with E-state index in [4.69, 9.17) is 5.11 Å². The molecule has 2 aliphatic carbocycles. The number of amides is 1. The van der Waals surface area contributed by atoms with Crippen LogP contribution in [0.5, 0.6) is 0 Å². The van der Waals surface area contributed by atoms with Crippen molar-refractivity contribution in [2.45, 2.75) is 32.1 Å². The summed E-state index contributed by atoms with van der Waals surface area (Å²) in [6.45, 7) is 0.857. The first-order valence-corrected chi connectivity index (χ1v) is 5.78. The van der Waals surface area contributed by atoms with Crippen molar-refractivity contribution in [3.8, 4) is 0 Å². The Kier molecular flexibility index (Phi) is 3.10. The summed E-state index contributed by atoms with van der Waals surface area (Å²) in [6.07, 6.45) is 9.21. The summed E-state index contributed by atoms with van der Waals surface area (Å²) >= 11 is 0. The van der Waals surface area contributed by atoms with E-state index >= 15 is 0 Å². The smallest absolute Gasteiger partial charge is 0.220 e. The Morgan fingerprint density at radius 3 is 2.87 bits per heavy atom. The van der Waals surface area contributed by atoms with Gasteiger partial charge in [-0.05, 0) is 31.6 Å². The van der Waals surface area contributed by atoms with Crippen molar-refractivity contribution in [2.75, 3.05) is 13.2 Å². The molecule has 1 unspecified atom stereocenters. The molecule has 0 aliphatic heterocycles. The maximum absolute atomic E-state index is 11.6. The number of allylic oxidation sites excluding steroid dienone is 2. The minimum absolute atomic E-state index is 0.0289. The van der Waals surface area contributed by atoms with E-state index in [9.17, 15) is 4.79 Å². The molecule has 15 heavy (non-hydrogen) atoms. The fourth-order valence-corrected chi connectivity index (χ4v) is 2.03. The summed E-state index contributed by atoms with van der Waals surface area (Å²) in [5.41, 5.74) is 0.0289. The maximum Gasteiger partial charge on any atom is 0.220 e. The van der Waals surface area contributed by atoms with Gasteiger partial charge in [0.1, 0.15) is 0 Å². The van der Waals surface area contributed by atoms with Crippen LogP contribution in [0.3, 0.4) is 0 Å². The minimum atomic E-state index is 0.0289. The Labute approximate surface area is 90.6 Å². The molecule has 1 fully saturated rings. The maximum atomic E-state index is 11.6. The van der Waals surface area contributed by atoms with Crippen LogP contribution < -0.4 is 5.32 Å². The highest BCUT2D eigenvalue weighted by Crippen LogP contribution is 2.44. The van der Waals surface area contributed by atoms with Crippen LogP contribution in [-0.4, -0.2) is 24.2 Å². The monoisotopic (exact) mass is 209 g/mol. The molecule has 2 rings (SSSR count). The predicted octanol–water partition coefficient (Wildman–Crippen LogP) is 1.23. The molecular formula is C12H19NO2. The molecule has 3 nitrogen and oxygen atoms in total. The molecule has 84 valence electrons. The molecule has 3 heteroatoms. The van der Waals surface area contributed by atoms with E-state index in [1.54, 1.807) is 0 Å². The molecular weight excluding hydrogens is 190 g/mol. The van der Waals surface area contributed by atoms with Crippen molar-refractivity contribution in [1.82, 2.24) is 5.32 Å². The summed E-state index contributed by atoms with van der Waals surface area (Å²) in [5, 5.41) is 12.0. The summed E-state index contributed by atoms with van der Waals surface area (Å²) < 4.78 is 0. The van der Waals surface area contributed by atoms with Gasteiger partial charge in [0.2, 0.25) is 5.91 Å². The van der Waals surface area contributed by atoms with E-state index in [2.05, 4.69) is 17.5 Å². The number of nitrogens with one attached hydrogen (secondary N) is 1. The zero-order valence-electron chi connectivity index (χ0n) is 9.04. The highest BCUT2D eigenvalue weighted by Gasteiger charge is 2.42. The minimum Gasteiger partial charge on any atom is -0.396 e. The third-order valence-electron chi connectivity index (χ3n) is 3.51. The second kappa shape index (κ2) is 4.35. The molecule has 0 aromatic heterocycles. The molecule has 0 aromatic rings. The van der Waals surface area contributed by atoms with Crippen LogP contribution >= 0.6 is 0 Å². The molecule has 0 heterocycles. The Morgan fingerprint density at radius 1 is 1.53 bits per heavy atom. The SMILES string of the molecule is O=C(CC1C=CCC1)NCC1(CO)CC1. The van der Waals surface area contributed by atoms with E-state index in [0.29, 0.717) is 18.9 Å². The number of hydrogen-bond donors (Lipinski definition) is 2. The van der Waals surface area contributed by atoms with Crippen LogP contribution in [0.2, 0.25) is 0 Å². The first-order valence-electron chi connectivity index (χ1n) is 5.78. The number of hydrogen-bond acceptors (Lipinski definition) is 2. The Bertz CT molecular complexity index is 269. The summed E-state index contributed by atoms with van der Waals surface area (Å²) in [6, 6.07) is 0. The van der Waals surface area contributed by atoms with Crippen molar-refractivity contribution in [2.24, 2.45) is 11.3 Å². The van der Waals surface area contributed by atoms with Crippen molar-refractivity contribution in [1.29, 1.82) is 0 Å². The van der Waals surface area contributed by atoms with Crippen LogP contribution in [0.25, 0.3) is 0 Å². The Morgan fingerprint density at radius 2 is 2.33 bits per heavy atom. The van der Waals surface area contributed by atoms with Crippen LogP contribution in [0.1, 0.15) is 32.1 Å². The summed E-state index contributed by atoms with van der Waals surface area (Å²) in [5.74, 6) is 0.570. The lowest BCUT2D eigenvalue weighted by atomic mass is 10.0. The average Bonchev–Trinajstić information content (AvgIpc) is 2.86. The summed E-state index contributed by atoms with van der Waals surface area (Å²) in [4.78, 5) is 11.6. The van der Waals surface area contributed by atoms with E-state index in [1.807, 2.05) is 0 Å². The first-order chi connectivity index (χ1) is 7.24. The van der Waals surface area contributed by atoms with Crippen molar-refractivity contribution < 1.29 is 9.90 Å². The Balaban J connectivity index is 1.66. The first kappa shape index (κ1) is 10.7. The van der Waals surface area contributed by atoms with Gasteiger partial charge in [0.05, 0.1) is 6.61 Å². The van der Waals surface area contributed by atoms with Crippen LogP contribution in [0.15, 0.2) is 12.2 Å². The molecule has 1 atom stereocenters. The fourth-order valence-electron chi connectivity index (χ4n) is 2.03. The predicted molar refractivity (Wildman–Crippen MR) is 58.2 cm³/mol. The number of aliphatic hydroxyl groups is 1. The van der Waals surface area contributed by atoms with Gasteiger partial charge in [-0.1, -0.05) is 12.2 Å². The second-order valence-corrected chi connectivity index (χ2v) is 4.90. The van der Waals surface area contributed by atoms with Crippen LogP contribution in [-0.2, 0) is 4.79 Å². The molecule has 1 amide bonds. The van der Waals surface area contributed by atoms with Gasteiger partial charge in [-0.3, -0.25) is 4.79 Å². The second-order valence-electron chi connectivity index (χ2n) is 4.90. The quantitative estimate of drug-likeness (QED) is 0.669. The third-order valence-corrected chi connectivity index (χ3v) is 3.51. The molecule has 1 saturated carbocycles. The standard InChI is InChI=1S/C12H19NO2/c14-9-12(5-6-12)8-13-11(15)7-10-3-1-2-4-10/h1,3,10,14H,2,4-9H2,(H,13,15). The zero-order chi connectivity index (χ0) is 10.7.